The van der Waals surface area contributed by atoms with Gasteiger partial charge in [-0.15, -0.1) is 12.4 Å². The summed E-state index contributed by atoms with van der Waals surface area (Å²) in [5.74, 6) is -0.252. The van der Waals surface area contributed by atoms with Crippen LogP contribution < -0.4 is 11.1 Å². The summed E-state index contributed by atoms with van der Waals surface area (Å²) in [7, 11) is -3.02. The molecule has 1 fully saturated rings. The van der Waals surface area contributed by atoms with Gasteiger partial charge in [-0.05, 0) is 12.8 Å². The Balaban J connectivity index is 0.00000225. The van der Waals surface area contributed by atoms with Crippen molar-refractivity contribution in [3.63, 3.8) is 0 Å². The smallest absolute Gasteiger partial charge is 0.240 e. The normalized spacial score (nSPS) is 18.9. The third kappa shape index (κ3) is 4.67. The predicted octanol–water partition coefficient (Wildman–Crippen LogP) is -0.159. The van der Waals surface area contributed by atoms with E-state index >= 15 is 0 Å². The maximum atomic E-state index is 11.6. The lowest BCUT2D eigenvalue weighted by molar-refractivity contribution is -0.126. The van der Waals surface area contributed by atoms with Gasteiger partial charge in [-0.1, -0.05) is 12.8 Å². The van der Waals surface area contributed by atoms with Crippen molar-refractivity contribution in [3.8, 4) is 0 Å². The highest BCUT2D eigenvalue weighted by Crippen LogP contribution is 2.26. The molecule has 0 unspecified atom stereocenters. The molecule has 0 bridgehead atoms. The van der Waals surface area contributed by atoms with Crippen molar-refractivity contribution < 1.29 is 13.2 Å². The van der Waals surface area contributed by atoms with E-state index in [2.05, 4.69) is 5.32 Å². The number of halogens is 1. The van der Waals surface area contributed by atoms with Crippen molar-refractivity contribution in [1.29, 1.82) is 0 Å². The maximum absolute atomic E-state index is 11.6. The van der Waals surface area contributed by atoms with Crippen LogP contribution in [0.25, 0.3) is 0 Å². The molecule has 1 aliphatic carbocycles. The highest BCUT2D eigenvalue weighted by atomic mass is 35.5. The third-order valence-corrected chi connectivity index (χ3v) is 3.65. The summed E-state index contributed by atoms with van der Waals surface area (Å²) in [5.41, 5.74) is 5.12. The van der Waals surface area contributed by atoms with Crippen LogP contribution in [0.3, 0.4) is 0 Å². The van der Waals surface area contributed by atoms with Gasteiger partial charge in [0.05, 0.1) is 11.3 Å². The second kappa shape index (κ2) is 5.84. The molecule has 0 aromatic heterocycles. The minimum absolute atomic E-state index is 0. The van der Waals surface area contributed by atoms with Crippen LogP contribution in [0.1, 0.15) is 25.7 Å². The van der Waals surface area contributed by atoms with Crippen molar-refractivity contribution in [2.45, 2.75) is 31.2 Å². The van der Waals surface area contributed by atoms with E-state index in [1.54, 1.807) is 0 Å². The van der Waals surface area contributed by atoms with Gasteiger partial charge in [0.25, 0.3) is 0 Å². The van der Waals surface area contributed by atoms with E-state index in [9.17, 15) is 13.2 Å². The monoisotopic (exact) mass is 270 g/mol. The van der Waals surface area contributed by atoms with E-state index in [1.807, 2.05) is 0 Å². The van der Waals surface area contributed by atoms with E-state index in [-0.39, 0.29) is 30.6 Å². The van der Waals surface area contributed by atoms with E-state index in [4.69, 9.17) is 5.73 Å². The molecular formula is C9H19ClN2O3S. The number of carbonyl (C=O) groups excluding carboxylic acids is 1. The van der Waals surface area contributed by atoms with Crippen LogP contribution in [0.15, 0.2) is 0 Å². The molecule has 0 heterocycles. The van der Waals surface area contributed by atoms with Gasteiger partial charge >= 0.3 is 0 Å². The van der Waals surface area contributed by atoms with Gasteiger partial charge in [-0.25, -0.2) is 8.42 Å². The molecule has 16 heavy (non-hydrogen) atoms. The zero-order chi connectivity index (χ0) is 11.5. The largest absolute Gasteiger partial charge is 0.353 e. The van der Waals surface area contributed by atoms with Crippen molar-refractivity contribution in [1.82, 2.24) is 5.32 Å². The Labute approximate surface area is 102 Å². The van der Waals surface area contributed by atoms with Crippen molar-refractivity contribution in [3.05, 3.63) is 0 Å². The van der Waals surface area contributed by atoms with Gasteiger partial charge in [-0.2, -0.15) is 0 Å². The average Bonchev–Trinajstić information content (AvgIpc) is 2.51. The van der Waals surface area contributed by atoms with Gasteiger partial charge in [0.1, 0.15) is 9.84 Å². The summed E-state index contributed by atoms with van der Waals surface area (Å²) in [5, 5.41) is 2.58. The van der Waals surface area contributed by atoms with E-state index < -0.39 is 15.4 Å². The van der Waals surface area contributed by atoms with E-state index in [0.29, 0.717) is 12.8 Å². The van der Waals surface area contributed by atoms with Gasteiger partial charge < -0.3 is 11.1 Å². The van der Waals surface area contributed by atoms with Gasteiger partial charge in [0.15, 0.2) is 0 Å². The van der Waals surface area contributed by atoms with Crippen LogP contribution >= 0.6 is 12.4 Å². The summed E-state index contributed by atoms with van der Waals surface area (Å²) in [4.78, 5) is 11.6. The number of rotatable bonds is 4. The number of sulfone groups is 1. The molecular weight excluding hydrogens is 252 g/mol. The molecule has 0 atom stereocenters. The summed E-state index contributed by atoms with van der Waals surface area (Å²) >= 11 is 0. The van der Waals surface area contributed by atoms with Gasteiger partial charge in [0.2, 0.25) is 5.91 Å². The summed E-state index contributed by atoms with van der Waals surface area (Å²) < 4.78 is 21.7. The molecule has 1 rings (SSSR count). The molecule has 0 radical (unpaired) electrons. The Morgan fingerprint density at radius 1 is 1.38 bits per heavy atom. The summed E-state index contributed by atoms with van der Waals surface area (Å²) in [6.07, 6.45) is 4.47. The fourth-order valence-corrected chi connectivity index (χ4v) is 2.23. The Morgan fingerprint density at radius 3 is 2.31 bits per heavy atom. The number of nitrogens with two attached hydrogens (primary N) is 1. The van der Waals surface area contributed by atoms with Crippen LogP contribution in [0.5, 0.6) is 0 Å². The fraction of sp³-hybridized carbons (Fsp3) is 0.889. The first kappa shape index (κ1) is 15.7. The molecule has 1 saturated carbocycles. The number of nitrogens with one attached hydrogen (secondary N) is 1. The lowest BCUT2D eigenvalue weighted by Crippen LogP contribution is -2.52. The predicted molar refractivity (Wildman–Crippen MR) is 65.4 cm³/mol. The molecule has 5 nitrogen and oxygen atoms in total. The standard InChI is InChI=1S/C9H18N2O3S.ClH/c1-15(13,14)7-6-11-8(12)9(10)4-2-3-5-9;/h2-7,10H2,1H3,(H,11,12);1H. The highest BCUT2D eigenvalue weighted by Gasteiger charge is 2.36. The van der Waals surface area contributed by atoms with Crippen molar-refractivity contribution >= 4 is 28.2 Å². The van der Waals surface area contributed by atoms with Gasteiger partial charge in [-0.3, -0.25) is 4.79 Å². The van der Waals surface area contributed by atoms with Crippen LogP contribution in [0.4, 0.5) is 0 Å². The first-order valence-corrected chi connectivity index (χ1v) is 7.14. The maximum Gasteiger partial charge on any atom is 0.240 e. The molecule has 1 aliphatic rings. The average molecular weight is 271 g/mol. The zero-order valence-electron chi connectivity index (χ0n) is 9.36. The Hall–Kier alpha value is -0.330. The molecule has 1 amide bonds. The molecule has 0 aliphatic heterocycles. The van der Waals surface area contributed by atoms with Crippen LogP contribution in [0, 0.1) is 0 Å². The first-order chi connectivity index (χ1) is 6.83. The molecule has 0 saturated heterocycles. The second-order valence-electron chi connectivity index (χ2n) is 4.25. The molecule has 3 N–H and O–H groups in total. The number of hydrogen-bond donors (Lipinski definition) is 2. The minimum Gasteiger partial charge on any atom is -0.353 e. The Morgan fingerprint density at radius 2 is 1.88 bits per heavy atom. The van der Waals surface area contributed by atoms with E-state index in [0.717, 1.165) is 19.1 Å². The molecule has 7 heteroatoms. The number of hydrogen-bond acceptors (Lipinski definition) is 4. The van der Waals surface area contributed by atoms with Crippen LogP contribution in [0.2, 0.25) is 0 Å². The first-order valence-electron chi connectivity index (χ1n) is 5.08. The Kier molecular flexibility index (Phi) is 5.72. The lowest BCUT2D eigenvalue weighted by atomic mass is 9.98. The van der Waals surface area contributed by atoms with Crippen LogP contribution in [-0.4, -0.2) is 38.4 Å². The molecule has 0 aromatic carbocycles. The molecule has 0 aromatic rings. The summed E-state index contributed by atoms with van der Waals surface area (Å²) in [6, 6.07) is 0. The highest BCUT2D eigenvalue weighted by molar-refractivity contribution is 7.90. The van der Waals surface area contributed by atoms with Crippen molar-refractivity contribution in [2.24, 2.45) is 5.73 Å². The number of carbonyl (C=O) groups is 1. The second-order valence-corrected chi connectivity index (χ2v) is 6.51. The molecule has 0 spiro atoms. The topological polar surface area (TPSA) is 89.3 Å². The zero-order valence-corrected chi connectivity index (χ0v) is 11.0. The quantitative estimate of drug-likeness (QED) is 0.743. The van der Waals surface area contributed by atoms with Crippen molar-refractivity contribution in [2.75, 3.05) is 18.6 Å². The van der Waals surface area contributed by atoms with Crippen LogP contribution in [-0.2, 0) is 14.6 Å². The molecule has 96 valence electrons. The lowest BCUT2D eigenvalue weighted by Gasteiger charge is -2.21. The minimum atomic E-state index is -3.02. The Bertz CT molecular complexity index is 337. The SMILES string of the molecule is CS(=O)(=O)CCNC(=O)C1(N)CCCC1.Cl. The van der Waals surface area contributed by atoms with Gasteiger partial charge in [0, 0.05) is 12.8 Å². The summed E-state index contributed by atoms with van der Waals surface area (Å²) in [6.45, 7) is 0.149. The fourth-order valence-electron chi connectivity index (χ4n) is 1.76. The third-order valence-electron chi connectivity index (χ3n) is 2.71. The van der Waals surface area contributed by atoms with E-state index in [1.165, 1.54) is 0 Å². The number of amides is 1.